The lowest BCUT2D eigenvalue weighted by Gasteiger charge is -2.20. The molecule has 5 rings (SSSR count). The van der Waals surface area contributed by atoms with Crippen LogP contribution in [0.1, 0.15) is 25.1 Å². The van der Waals surface area contributed by atoms with Gasteiger partial charge in [0, 0.05) is 28.6 Å². The van der Waals surface area contributed by atoms with Crippen molar-refractivity contribution < 1.29 is 14.2 Å². The van der Waals surface area contributed by atoms with Crippen LogP contribution in [0.3, 0.4) is 0 Å². The fraction of sp³-hybridized carbons (Fsp3) is 0.250. The molecule has 0 radical (unpaired) electrons. The van der Waals surface area contributed by atoms with Crippen LogP contribution in [0.2, 0.25) is 5.02 Å². The molecule has 1 unspecified atom stereocenters. The molecule has 1 atom stereocenters. The number of halogens is 1. The lowest BCUT2D eigenvalue weighted by molar-refractivity contribution is 0.173. The molecule has 0 aliphatic carbocycles. The van der Waals surface area contributed by atoms with Gasteiger partial charge < -0.3 is 19.5 Å². The maximum atomic E-state index is 6.54. The Bertz CT molecular complexity index is 1080. The van der Waals surface area contributed by atoms with Crippen LogP contribution in [0.5, 0.6) is 17.4 Å². The van der Waals surface area contributed by atoms with Crippen molar-refractivity contribution in [2.24, 2.45) is 0 Å². The summed E-state index contributed by atoms with van der Waals surface area (Å²) in [7, 11) is 0. The smallest absolute Gasteiger partial charge is 0.247 e. The SMILES string of the molecule is CCCSc1nnc2c(n1)OC(c1cc3c(cc1Cl)OCO3)Nc1ccccc1-2. The Morgan fingerprint density at radius 2 is 2.00 bits per heavy atom. The summed E-state index contributed by atoms with van der Waals surface area (Å²) in [5.41, 5.74) is 3.04. The van der Waals surface area contributed by atoms with Crippen molar-refractivity contribution in [2.75, 3.05) is 17.9 Å². The Balaban J connectivity index is 1.60. The zero-order valence-corrected chi connectivity index (χ0v) is 17.1. The topological polar surface area (TPSA) is 78.4 Å². The third-order valence-electron chi connectivity index (χ3n) is 4.54. The predicted octanol–water partition coefficient (Wildman–Crippen LogP) is 4.93. The number of anilines is 1. The molecule has 0 saturated carbocycles. The third-order valence-corrected chi connectivity index (χ3v) is 5.91. The van der Waals surface area contributed by atoms with Crippen molar-refractivity contribution in [3.8, 4) is 28.6 Å². The van der Waals surface area contributed by atoms with Crippen LogP contribution in [0, 0.1) is 0 Å². The van der Waals surface area contributed by atoms with Gasteiger partial charge in [-0.05, 0) is 18.6 Å². The number of nitrogens with one attached hydrogen (secondary N) is 1. The molecular formula is C20H17ClN4O3S. The molecule has 2 aliphatic rings. The number of benzene rings is 2. The van der Waals surface area contributed by atoms with Crippen LogP contribution in [0.25, 0.3) is 11.3 Å². The van der Waals surface area contributed by atoms with Crippen molar-refractivity contribution in [3.05, 3.63) is 47.0 Å². The largest absolute Gasteiger partial charge is 0.454 e. The van der Waals surface area contributed by atoms with Crippen LogP contribution < -0.4 is 19.5 Å². The fourth-order valence-electron chi connectivity index (χ4n) is 3.18. The average Bonchev–Trinajstić information content (AvgIpc) is 3.12. The van der Waals surface area contributed by atoms with E-state index in [1.54, 1.807) is 17.8 Å². The van der Waals surface area contributed by atoms with Crippen LogP contribution in [0.15, 0.2) is 41.6 Å². The van der Waals surface area contributed by atoms with Gasteiger partial charge in [-0.25, -0.2) is 0 Å². The summed E-state index contributed by atoms with van der Waals surface area (Å²) in [5.74, 6) is 2.57. The molecule has 3 heterocycles. The highest BCUT2D eigenvalue weighted by molar-refractivity contribution is 7.99. The van der Waals surface area contributed by atoms with Crippen molar-refractivity contribution in [1.82, 2.24) is 15.2 Å². The van der Waals surface area contributed by atoms with Crippen molar-refractivity contribution in [1.29, 1.82) is 0 Å². The number of hydrogen-bond donors (Lipinski definition) is 1. The lowest BCUT2D eigenvalue weighted by Crippen LogP contribution is -2.17. The quantitative estimate of drug-likeness (QED) is 0.586. The molecule has 1 N–H and O–H groups in total. The van der Waals surface area contributed by atoms with Crippen molar-refractivity contribution in [2.45, 2.75) is 24.7 Å². The molecule has 0 fully saturated rings. The Hall–Kier alpha value is -2.71. The maximum absolute atomic E-state index is 6.54. The first kappa shape index (κ1) is 18.3. The van der Waals surface area contributed by atoms with Gasteiger partial charge in [0.05, 0.1) is 5.02 Å². The molecule has 148 valence electrons. The lowest BCUT2D eigenvalue weighted by atomic mass is 10.1. The van der Waals surface area contributed by atoms with E-state index < -0.39 is 6.23 Å². The molecule has 0 spiro atoms. The van der Waals surface area contributed by atoms with Crippen LogP contribution in [0.4, 0.5) is 5.69 Å². The first-order valence-corrected chi connectivity index (χ1v) is 10.6. The van der Waals surface area contributed by atoms with E-state index in [1.165, 1.54) is 0 Å². The van der Waals surface area contributed by atoms with Crippen molar-refractivity contribution in [3.63, 3.8) is 0 Å². The van der Waals surface area contributed by atoms with Crippen LogP contribution in [-0.4, -0.2) is 27.7 Å². The number of para-hydroxylation sites is 1. The highest BCUT2D eigenvalue weighted by atomic mass is 35.5. The number of hydrogen-bond acceptors (Lipinski definition) is 8. The summed E-state index contributed by atoms with van der Waals surface area (Å²) in [4.78, 5) is 4.62. The second kappa shape index (κ2) is 7.61. The highest BCUT2D eigenvalue weighted by Gasteiger charge is 2.29. The van der Waals surface area contributed by atoms with E-state index in [0.717, 1.165) is 29.0 Å². The van der Waals surface area contributed by atoms with E-state index in [-0.39, 0.29) is 6.79 Å². The van der Waals surface area contributed by atoms with Gasteiger partial charge in [0.2, 0.25) is 17.8 Å². The minimum atomic E-state index is -0.583. The number of rotatable bonds is 4. The van der Waals surface area contributed by atoms with Crippen LogP contribution in [-0.2, 0) is 0 Å². The Morgan fingerprint density at radius 1 is 1.17 bits per heavy atom. The minimum Gasteiger partial charge on any atom is -0.454 e. The third kappa shape index (κ3) is 3.42. The Morgan fingerprint density at radius 3 is 2.86 bits per heavy atom. The van der Waals surface area contributed by atoms with Crippen LogP contribution >= 0.6 is 23.4 Å². The van der Waals surface area contributed by atoms with E-state index in [9.17, 15) is 0 Å². The number of thioether (sulfide) groups is 1. The molecule has 2 aliphatic heterocycles. The standard InChI is InChI=1S/C20H17ClN4O3S/c1-2-7-29-20-23-19-17(24-25-20)11-5-3-4-6-14(11)22-18(28-19)12-8-15-16(9-13(12)21)27-10-26-15/h3-6,8-9,18,22H,2,7,10H2,1H3. The molecule has 29 heavy (non-hydrogen) atoms. The monoisotopic (exact) mass is 428 g/mol. The summed E-state index contributed by atoms with van der Waals surface area (Å²) >= 11 is 8.09. The second-order valence-corrected chi connectivity index (χ2v) is 7.98. The predicted molar refractivity (Wildman–Crippen MR) is 111 cm³/mol. The van der Waals surface area contributed by atoms with E-state index in [2.05, 4.69) is 27.4 Å². The van der Waals surface area contributed by atoms with E-state index >= 15 is 0 Å². The summed E-state index contributed by atoms with van der Waals surface area (Å²) in [6.45, 7) is 2.28. The van der Waals surface area contributed by atoms with E-state index in [4.69, 9.17) is 25.8 Å². The molecule has 0 saturated heterocycles. The first-order valence-electron chi connectivity index (χ1n) is 9.22. The van der Waals surface area contributed by atoms with Gasteiger partial charge in [0.25, 0.3) is 0 Å². The van der Waals surface area contributed by atoms with E-state index in [0.29, 0.717) is 33.3 Å². The molecule has 2 aromatic carbocycles. The van der Waals surface area contributed by atoms with E-state index in [1.807, 2.05) is 30.3 Å². The van der Waals surface area contributed by atoms with Gasteiger partial charge >= 0.3 is 0 Å². The zero-order valence-electron chi connectivity index (χ0n) is 15.5. The zero-order chi connectivity index (χ0) is 19.8. The molecule has 0 amide bonds. The number of fused-ring (bicyclic) bond motifs is 4. The number of ether oxygens (including phenoxy) is 3. The molecule has 1 aromatic heterocycles. The molecule has 7 nitrogen and oxygen atoms in total. The molecule has 0 bridgehead atoms. The normalized spacial score (nSPS) is 16.3. The van der Waals surface area contributed by atoms with Gasteiger partial charge in [-0.3, -0.25) is 0 Å². The van der Waals surface area contributed by atoms with Gasteiger partial charge in [-0.15, -0.1) is 10.2 Å². The summed E-state index contributed by atoms with van der Waals surface area (Å²) < 4.78 is 17.2. The number of nitrogens with zero attached hydrogens (tertiary/aromatic N) is 3. The average molecular weight is 429 g/mol. The molecule has 3 aromatic rings. The minimum absolute atomic E-state index is 0.175. The van der Waals surface area contributed by atoms with Gasteiger partial charge in [0.15, 0.2) is 23.4 Å². The fourth-order valence-corrected chi connectivity index (χ4v) is 4.06. The second-order valence-electron chi connectivity index (χ2n) is 6.51. The molecular weight excluding hydrogens is 412 g/mol. The Kier molecular flexibility index (Phi) is 4.81. The van der Waals surface area contributed by atoms with Gasteiger partial charge in [0.1, 0.15) is 0 Å². The maximum Gasteiger partial charge on any atom is 0.247 e. The summed E-state index contributed by atoms with van der Waals surface area (Å²) in [6, 6.07) is 11.4. The Labute approximate surface area is 176 Å². The highest BCUT2D eigenvalue weighted by Crippen LogP contribution is 2.44. The number of aromatic nitrogens is 3. The first-order chi connectivity index (χ1) is 14.2. The van der Waals surface area contributed by atoms with Crippen molar-refractivity contribution >= 4 is 29.1 Å². The summed E-state index contributed by atoms with van der Waals surface area (Å²) in [5, 5.41) is 13.2. The van der Waals surface area contributed by atoms with Gasteiger partial charge in [-0.2, -0.15) is 4.98 Å². The summed E-state index contributed by atoms with van der Waals surface area (Å²) in [6.07, 6.45) is 0.436. The molecule has 9 heteroatoms. The van der Waals surface area contributed by atoms with Gasteiger partial charge in [-0.1, -0.05) is 48.5 Å².